The summed E-state index contributed by atoms with van der Waals surface area (Å²) in [6, 6.07) is 13.9. The topological polar surface area (TPSA) is 17.1 Å². The first-order valence-corrected chi connectivity index (χ1v) is 6.00. The third-order valence-electron chi connectivity index (χ3n) is 2.55. The SMILES string of the molecule is CC(C)(Br)C(=O)c1ccc2ccccc2c1. The van der Waals surface area contributed by atoms with Crippen molar-refractivity contribution in [3.8, 4) is 0 Å². The van der Waals surface area contributed by atoms with Crippen LogP contribution in [0.5, 0.6) is 0 Å². The molecule has 2 aromatic carbocycles. The zero-order chi connectivity index (χ0) is 11.8. The van der Waals surface area contributed by atoms with Gasteiger partial charge in [0.25, 0.3) is 0 Å². The predicted octanol–water partition coefficient (Wildman–Crippen LogP) is 4.20. The Morgan fingerprint density at radius 1 is 1.06 bits per heavy atom. The Morgan fingerprint density at radius 3 is 2.31 bits per heavy atom. The molecule has 0 fully saturated rings. The van der Waals surface area contributed by atoms with Gasteiger partial charge >= 0.3 is 0 Å². The summed E-state index contributed by atoms with van der Waals surface area (Å²) >= 11 is 3.40. The van der Waals surface area contributed by atoms with E-state index in [0.29, 0.717) is 0 Å². The number of hydrogen-bond donors (Lipinski definition) is 0. The first-order chi connectivity index (χ1) is 7.48. The Hall–Kier alpha value is -1.15. The van der Waals surface area contributed by atoms with E-state index < -0.39 is 4.32 Å². The molecule has 1 nitrogen and oxygen atoms in total. The highest BCUT2D eigenvalue weighted by Crippen LogP contribution is 2.24. The van der Waals surface area contributed by atoms with Crippen molar-refractivity contribution in [2.45, 2.75) is 18.2 Å². The summed E-state index contributed by atoms with van der Waals surface area (Å²) in [6.07, 6.45) is 0. The van der Waals surface area contributed by atoms with Crippen LogP contribution in [-0.4, -0.2) is 10.1 Å². The van der Waals surface area contributed by atoms with Crippen molar-refractivity contribution in [3.63, 3.8) is 0 Å². The molecule has 0 radical (unpaired) electrons. The van der Waals surface area contributed by atoms with Crippen molar-refractivity contribution >= 4 is 32.5 Å². The summed E-state index contributed by atoms with van der Waals surface area (Å²) in [5, 5.41) is 2.26. The average molecular weight is 277 g/mol. The van der Waals surface area contributed by atoms with E-state index in [1.165, 1.54) is 0 Å². The fourth-order valence-electron chi connectivity index (χ4n) is 1.67. The van der Waals surface area contributed by atoms with Crippen LogP contribution in [0.25, 0.3) is 10.8 Å². The molecule has 82 valence electrons. The van der Waals surface area contributed by atoms with Crippen molar-refractivity contribution < 1.29 is 4.79 Å². The molecule has 0 atom stereocenters. The van der Waals surface area contributed by atoms with Gasteiger partial charge in [0.15, 0.2) is 5.78 Å². The van der Waals surface area contributed by atoms with Crippen LogP contribution < -0.4 is 0 Å². The van der Waals surface area contributed by atoms with Gasteiger partial charge in [-0.05, 0) is 30.7 Å². The van der Waals surface area contributed by atoms with Gasteiger partial charge in [-0.15, -0.1) is 0 Å². The number of benzene rings is 2. The summed E-state index contributed by atoms with van der Waals surface area (Å²) in [6.45, 7) is 3.73. The van der Waals surface area contributed by atoms with E-state index in [1.54, 1.807) is 0 Å². The lowest BCUT2D eigenvalue weighted by Gasteiger charge is -2.14. The van der Waals surface area contributed by atoms with Gasteiger partial charge in [-0.25, -0.2) is 0 Å². The first kappa shape index (κ1) is 11.3. The van der Waals surface area contributed by atoms with Crippen LogP contribution in [0.15, 0.2) is 42.5 Å². The maximum atomic E-state index is 12.1. The highest BCUT2D eigenvalue weighted by atomic mass is 79.9. The largest absolute Gasteiger partial charge is 0.293 e. The zero-order valence-corrected chi connectivity index (χ0v) is 10.9. The van der Waals surface area contributed by atoms with E-state index in [9.17, 15) is 4.79 Å². The molecule has 2 aromatic rings. The summed E-state index contributed by atoms with van der Waals surface area (Å²) in [4.78, 5) is 12.1. The zero-order valence-electron chi connectivity index (χ0n) is 9.33. The van der Waals surface area contributed by atoms with E-state index in [4.69, 9.17) is 0 Å². The van der Waals surface area contributed by atoms with Crippen LogP contribution in [-0.2, 0) is 0 Å². The second-order valence-corrected chi connectivity index (χ2v) is 6.35. The first-order valence-electron chi connectivity index (χ1n) is 5.21. The number of Topliss-reactive ketones (excluding diaryl/α,β-unsaturated/α-hetero) is 1. The highest BCUT2D eigenvalue weighted by molar-refractivity contribution is 9.10. The normalized spacial score (nSPS) is 11.7. The molecule has 2 heteroatoms. The second kappa shape index (κ2) is 4.02. The minimum absolute atomic E-state index is 0.109. The molecule has 0 bridgehead atoms. The Kier molecular flexibility index (Phi) is 2.85. The Bertz CT molecular complexity index is 538. The van der Waals surface area contributed by atoms with Gasteiger partial charge in [-0.1, -0.05) is 52.3 Å². The third kappa shape index (κ3) is 2.17. The molecule has 0 N–H and O–H groups in total. The lowest BCUT2D eigenvalue weighted by Crippen LogP contribution is -2.23. The number of fused-ring (bicyclic) bond motifs is 1. The van der Waals surface area contributed by atoms with Gasteiger partial charge in [0.05, 0.1) is 4.32 Å². The fourth-order valence-corrected chi connectivity index (χ4v) is 1.90. The standard InChI is InChI=1S/C14H13BrO/c1-14(2,15)13(16)12-8-7-10-5-3-4-6-11(10)9-12/h3-9H,1-2H3. The molecule has 0 unspecified atom stereocenters. The molecule has 0 amide bonds. The van der Waals surface area contributed by atoms with Crippen molar-refractivity contribution in [2.75, 3.05) is 0 Å². The van der Waals surface area contributed by atoms with Crippen molar-refractivity contribution in [1.82, 2.24) is 0 Å². The molecular formula is C14H13BrO. The fraction of sp³-hybridized carbons (Fsp3) is 0.214. The van der Waals surface area contributed by atoms with Gasteiger partial charge in [-0.3, -0.25) is 4.79 Å². The Morgan fingerprint density at radius 2 is 1.69 bits per heavy atom. The lowest BCUT2D eigenvalue weighted by atomic mass is 9.98. The lowest BCUT2D eigenvalue weighted by molar-refractivity contribution is 0.0961. The number of halogens is 1. The number of rotatable bonds is 2. The Labute approximate surface area is 104 Å². The average Bonchev–Trinajstić information content (AvgIpc) is 2.26. The van der Waals surface area contributed by atoms with Gasteiger partial charge in [0.2, 0.25) is 0 Å². The number of carbonyl (C=O) groups is 1. The van der Waals surface area contributed by atoms with Gasteiger partial charge in [-0.2, -0.15) is 0 Å². The maximum Gasteiger partial charge on any atom is 0.178 e. The van der Waals surface area contributed by atoms with Crippen LogP contribution in [0.4, 0.5) is 0 Å². The van der Waals surface area contributed by atoms with Crippen LogP contribution in [0.3, 0.4) is 0 Å². The molecule has 0 aliphatic carbocycles. The number of alkyl halides is 1. The van der Waals surface area contributed by atoms with Crippen LogP contribution in [0, 0.1) is 0 Å². The maximum absolute atomic E-state index is 12.1. The van der Waals surface area contributed by atoms with Crippen LogP contribution in [0.1, 0.15) is 24.2 Å². The number of hydrogen-bond acceptors (Lipinski definition) is 1. The van der Waals surface area contributed by atoms with Crippen LogP contribution >= 0.6 is 15.9 Å². The monoisotopic (exact) mass is 276 g/mol. The summed E-state index contributed by atoms with van der Waals surface area (Å²) < 4.78 is -0.505. The second-order valence-electron chi connectivity index (χ2n) is 4.36. The highest BCUT2D eigenvalue weighted by Gasteiger charge is 2.24. The number of ketones is 1. The van der Waals surface area contributed by atoms with Gasteiger partial charge < -0.3 is 0 Å². The minimum Gasteiger partial charge on any atom is -0.293 e. The third-order valence-corrected chi connectivity index (χ3v) is 2.91. The summed E-state index contributed by atoms with van der Waals surface area (Å²) in [5.41, 5.74) is 0.751. The predicted molar refractivity (Wildman–Crippen MR) is 71.3 cm³/mol. The van der Waals surface area contributed by atoms with E-state index >= 15 is 0 Å². The molecule has 0 aliphatic heterocycles. The smallest absolute Gasteiger partial charge is 0.178 e. The molecule has 0 aliphatic rings. The van der Waals surface area contributed by atoms with E-state index in [-0.39, 0.29) is 5.78 Å². The molecule has 16 heavy (non-hydrogen) atoms. The number of carbonyl (C=O) groups excluding carboxylic acids is 1. The Balaban J connectivity index is 2.52. The summed E-state index contributed by atoms with van der Waals surface area (Å²) in [5.74, 6) is 0.109. The molecule has 0 heterocycles. The van der Waals surface area contributed by atoms with E-state index in [1.807, 2.05) is 56.3 Å². The van der Waals surface area contributed by atoms with Gasteiger partial charge in [0, 0.05) is 5.56 Å². The molecule has 0 saturated carbocycles. The van der Waals surface area contributed by atoms with Crippen molar-refractivity contribution in [1.29, 1.82) is 0 Å². The van der Waals surface area contributed by atoms with Gasteiger partial charge in [0.1, 0.15) is 0 Å². The molecule has 0 saturated heterocycles. The van der Waals surface area contributed by atoms with Crippen molar-refractivity contribution in [2.24, 2.45) is 0 Å². The molecular weight excluding hydrogens is 264 g/mol. The van der Waals surface area contributed by atoms with E-state index in [2.05, 4.69) is 15.9 Å². The van der Waals surface area contributed by atoms with Crippen LogP contribution in [0.2, 0.25) is 0 Å². The quantitative estimate of drug-likeness (QED) is 0.594. The summed E-state index contributed by atoms with van der Waals surface area (Å²) in [7, 11) is 0. The van der Waals surface area contributed by atoms with Crippen molar-refractivity contribution in [3.05, 3.63) is 48.0 Å². The minimum atomic E-state index is -0.505. The molecule has 0 aromatic heterocycles. The molecule has 2 rings (SSSR count). The molecule has 0 spiro atoms. The van der Waals surface area contributed by atoms with E-state index in [0.717, 1.165) is 16.3 Å².